The molecule has 0 aromatic heterocycles. The van der Waals surface area contributed by atoms with Crippen molar-refractivity contribution in [1.29, 1.82) is 0 Å². The van der Waals surface area contributed by atoms with Crippen molar-refractivity contribution in [3.63, 3.8) is 0 Å². The summed E-state index contributed by atoms with van der Waals surface area (Å²) < 4.78 is 15.5. The summed E-state index contributed by atoms with van der Waals surface area (Å²) in [4.78, 5) is 21.4. The van der Waals surface area contributed by atoms with Gasteiger partial charge >= 0.3 is 5.97 Å². The molecule has 118 valence electrons. The van der Waals surface area contributed by atoms with Crippen LogP contribution in [0, 0.1) is 0 Å². The third kappa shape index (κ3) is 14.9. The summed E-state index contributed by atoms with van der Waals surface area (Å²) in [6.45, 7) is 4.90. The molecule has 0 heterocycles. The zero-order chi connectivity index (χ0) is 15.1. The number of carbonyl (C=O) groups is 2. The molecule has 0 rings (SSSR count). The van der Waals surface area contributed by atoms with Crippen molar-refractivity contribution in [1.82, 2.24) is 5.32 Å². The topological polar surface area (TPSA) is 94.1 Å². The maximum atomic E-state index is 11.2. The molecule has 0 saturated carbocycles. The van der Waals surface area contributed by atoms with E-state index in [1.54, 1.807) is 0 Å². The molecule has 0 aromatic rings. The average Bonchev–Trinajstić information content (AvgIpc) is 2.42. The van der Waals surface area contributed by atoms with E-state index in [2.05, 4.69) is 5.32 Å². The SMILES string of the molecule is CCCNC(=O)CCOCCOCCOCCC(=O)O. The predicted octanol–water partition coefficient (Wildman–Crippen LogP) is 0.427. The van der Waals surface area contributed by atoms with Gasteiger partial charge in [0.1, 0.15) is 0 Å². The summed E-state index contributed by atoms with van der Waals surface area (Å²) in [6.07, 6.45) is 1.29. The first kappa shape index (κ1) is 18.8. The Kier molecular flexibility index (Phi) is 13.4. The molecule has 0 saturated heterocycles. The highest BCUT2D eigenvalue weighted by atomic mass is 16.5. The largest absolute Gasteiger partial charge is 0.481 e. The fourth-order valence-corrected chi connectivity index (χ4v) is 1.22. The molecule has 0 spiro atoms. The van der Waals surface area contributed by atoms with Gasteiger partial charge in [-0.3, -0.25) is 9.59 Å². The van der Waals surface area contributed by atoms with Crippen LogP contribution in [0.2, 0.25) is 0 Å². The Morgan fingerprint density at radius 3 is 1.90 bits per heavy atom. The molecule has 20 heavy (non-hydrogen) atoms. The quantitative estimate of drug-likeness (QED) is 0.451. The van der Waals surface area contributed by atoms with Crippen LogP contribution in [0.1, 0.15) is 26.2 Å². The molecular weight excluding hydrogens is 266 g/mol. The van der Waals surface area contributed by atoms with Crippen LogP contribution in [0.15, 0.2) is 0 Å². The van der Waals surface area contributed by atoms with E-state index in [4.69, 9.17) is 19.3 Å². The Bertz CT molecular complexity index is 259. The molecule has 2 N–H and O–H groups in total. The van der Waals surface area contributed by atoms with Crippen LogP contribution in [-0.2, 0) is 23.8 Å². The number of carbonyl (C=O) groups excluding carboxylic acids is 1. The molecule has 0 aliphatic carbocycles. The summed E-state index contributed by atoms with van der Waals surface area (Å²) in [5.74, 6) is -0.873. The molecule has 0 atom stereocenters. The lowest BCUT2D eigenvalue weighted by molar-refractivity contribution is -0.138. The second-order valence-electron chi connectivity index (χ2n) is 4.08. The minimum Gasteiger partial charge on any atom is -0.481 e. The minimum atomic E-state index is -0.873. The van der Waals surface area contributed by atoms with Gasteiger partial charge in [0.15, 0.2) is 0 Å². The number of hydrogen-bond donors (Lipinski definition) is 2. The zero-order valence-electron chi connectivity index (χ0n) is 12.1. The van der Waals surface area contributed by atoms with E-state index in [0.717, 1.165) is 6.42 Å². The number of nitrogens with one attached hydrogen (secondary N) is 1. The van der Waals surface area contributed by atoms with Gasteiger partial charge in [0.05, 0.1) is 46.1 Å². The maximum absolute atomic E-state index is 11.2. The zero-order valence-corrected chi connectivity index (χ0v) is 12.1. The van der Waals surface area contributed by atoms with E-state index in [0.29, 0.717) is 46.0 Å². The maximum Gasteiger partial charge on any atom is 0.305 e. The molecule has 0 aromatic carbocycles. The normalized spacial score (nSPS) is 10.4. The molecule has 0 aliphatic heterocycles. The fourth-order valence-electron chi connectivity index (χ4n) is 1.22. The molecule has 1 amide bonds. The lowest BCUT2D eigenvalue weighted by Gasteiger charge is -2.06. The third-order valence-corrected chi connectivity index (χ3v) is 2.25. The number of hydrogen-bond acceptors (Lipinski definition) is 5. The van der Waals surface area contributed by atoms with E-state index < -0.39 is 5.97 Å². The van der Waals surface area contributed by atoms with Crippen LogP contribution >= 0.6 is 0 Å². The number of rotatable bonds is 14. The first-order chi connectivity index (χ1) is 9.66. The number of carboxylic acid groups (broad SMARTS) is 1. The van der Waals surface area contributed by atoms with Crippen molar-refractivity contribution in [2.45, 2.75) is 26.2 Å². The summed E-state index contributed by atoms with van der Waals surface area (Å²) in [5, 5.41) is 11.1. The molecule has 7 nitrogen and oxygen atoms in total. The van der Waals surface area contributed by atoms with Gasteiger partial charge in [-0.2, -0.15) is 0 Å². The monoisotopic (exact) mass is 291 g/mol. The molecule has 0 bridgehead atoms. The van der Waals surface area contributed by atoms with Crippen LogP contribution in [0.3, 0.4) is 0 Å². The van der Waals surface area contributed by atoms with Crippen LogP contribution in [-0.4, -0.2) is 63.2 Å². The number of amides is 1. The van der Waals surface area contributed by atoms with E-state index in [1.807, 2.05) is 6.92 Å². The summed E-state index contributed by atoms with van der Waals surface area (Å²) in [7, 11) is 0. The van der Waals surface area contributed by atoms with Gasteiger partial charge in [-0.05, 0) is 6.42 Å². The average molecular weight is 291 g/mol. The lowest BCUT2D eigenvalue weighted by Crippen LogP contribution is -2.25. The summed E-state index contributed by atoms with van der Waals surface area (Å²) >= 11 is 0. The van der Waals surface area contributed by atoms with Gasteiger partial charge in [-0.25, -0.2) is 0 Å². The molecule has 0 aliphatic rings. The van der Waals surface area contributed by atoms with Gasteiger partial charge in [-0.15, -0.1) is 0 Å². The molecule has 7 heteroatoms. The highest BCUT2D eigenvalue weighted by molar-refractivity contribution is 5.75. The van der Waals surface area contributed by atoms with Gasteiger partial charge in [0.25, 0.3) is 0 Å². The summed E-state index contributed by atoms with van der Waals surface area (Å²) in [5.41, 5.74) is 0. The molecular formula is C13H25NO6. The van der Waals surface area contributed by atoms with E-state index in [-0.39, 0.29) is 18.9 Å². The second kappa shape index (κ2) is 14.2. The first-order valence-corrected chi connectivity index (χ1v) is 6.88. The van der Waals surface area contributed by atoms with Crippen LogP contribution in [0.4, 0.5) is 0 Å². The van der Waals surface area contributed by atoms with Gasteiger partial charge in [0, 0.05) is 13.0 Å². The van der Waals surface area contributed by atoms with E-state index >= 15 is 0 Å². The Morgan fingerprint density at radius 1 is 0.900 bits per heavy atom. The number of carboxylic acids is 1. The third-order valence-electron chi connectivity index (χ3n) is 2.25. The highest BCUT2D eigenvalue weighted by Crippen LogP contribution is 1.87. The van der Waals surface area contributed by atoms with Crippen molar-refractivity contribution >= 4 is 11.9 Å². The highest BCUT2D eigenvalue weighted by Gasteiger charge is 1.99. The van der Waals surface area contributed by atoms with E-state index in [9.17, 15) is 9.59 Å². The lowest BCUT2D eigenvalue weighted by atomic mass is 10.4. The minimum absolute atomic E-state index is 0.000371. The van der Waals surface area contributed by atoms with Crippen molar-refractivity contribution in [2.24, 2.45) is 0 Å². The van der Waals surface area contributed by atoms with Crippen molar-refractivity contribution in [3.05, 3.63) is 0 Å². The van der Waals surface area contributed by atoms with Gasteiger partial charge in [0.2, 0.25) is 5.91 Å². The molecule has 0 radical (unpaired) electrons. The van der Waals surface area contributed by atoms with Gasteiger partial charge in [-0.1, -0.05) is 6.92 Å². The standard InChI is InChI=1S/C13H25NO6/c1-2-5-14-12(15)3-6-18-8-10-20-11-9-19-7-4-13(16)17/h2-11H2,1H3,(H,14,15)(H,16,17). The Labute approximate surface area is 119 Å². The van der Waals surface area contributed by atoms with Crippen LogP contribution in [0.5, 0.6) is 0 Å². The Hall–Kier alpha value is -1.18. The van der Waals surface area contributed by atoms with Crippen molar-refractivity contribution < 1.29 is 28.9 Å². The van der Waals surface area contributed by atoms with Crippen LogP contribution < -0.4 is 5.32 Å². The van der Waals surface area contributed by atoms with E-state index in [1.165, 1.54) is 0 Å². The number of aliphatic carboxylic acids is 1. The second-order valence-corrected chi connectivity index (χ2v) is 4.08. The predicted molar refractivity (Wildman–Crippen MR) is 72.6 cm³/mol. The first-order valence-electron chi connectivity index (χ1n) is 6.88. The summed E-state index contributed by atoms with van der Waals surface area (Å²) in [6, 6.07) is 0. The smallest absolute Gasteiger partial charge is 0.305 e. The molecule has 0 unspecified atom stereocenters. The molecule has 0 fully saturated rings. The Balaban J connectivity index is 3.09. The van der Waals surface area contributed by atoms with Crippen LogP contribution in [0.25, 0.3) is 0 Å². The fraction of sp³-hybridized carbons (Fsp3) is 0.846. The van der Waals surface area contributed by atoms with Crippen molar-refractivity contribution in [3.8, 4) is 0 Å². The van der Waals surface area contributed by atoms with Gasteiger partial charge < -0.3 is 24.6 Å². The van der Waals surface area contributed by atoms with Crippen molar-refractivity contribution in [2.75, 3.05) is 46.2 Å². The number of ether oxygens (including phenoxy) is 3. The Morgan fingerprint density at radius 2 is 1.40 bits per heavy atom.